The largest absolute Gasteiger partial charge is 0.310 e. The van der Waals surface area contributed by atoms with Crippen LogP contribution in [0.4, 0.5) is 14.5 Å². The summed E-state index contributed by atoms with van der Waals surface area (Å²) >= 11 is 13.8. The fraction of sp³-hybridized carbons (Fsp3) is 0.278. The maximum atomic E-state index is 12.7. The predicted molar refractivity (Wildman–Crippen MR) is 110 cm³/mol. The lowest BCUT2D eigenvalue weighted by Gasteiger charge is -2.23. The van der Waals surface area contributed by atoms with E-state index < -0.39 is 6.43 Å². The predicted octanol–water partition coefficient (Wildman–Crippen LogP) is 5.88. The van der Waals surface area contributed by atoms with Crippen LogP contribution in [0.15, 0.2) is 46.7 Å². The van der Waals surface area contributed by atoms with Gasteiger partial charge in [-0.2, -0.15) is 10.2 Å². The van der Waals surface area contributed by atoms with Gasteiger partial charge in [-0.25, -0.2) is 8.78 Å². The first-order valence-corrected chi connectivity index (χ1v) is 9.89. The van der Waals surface area contributed by atoms with E-state index >= 15 is 0 Å². The van der Waals surface area contributed by atoms with E-state index in [1.165, 1.54) is 0 Å². The van der Waals surface area contributed by atoms with Crippen LogP contribution in [0.2, 0.25) is 10.0 Å². The second-order valence-electron chi connectivity index (χ2n) is 5.74. The minimum atomic E-state index is -2.58. The Balaban J connectivity index is 1.72. The number of nitrogens with zero attached hydrogens (tertiary/aromatic N) is 4. The van der Waals surface area contributed by atoms with Gasteiger partial charge < -0.3 is 4.31 Å². The third-order valence-electron chi connectivity index (χ3n) is 3.78. The molecule has 0 amide bonds. The van der Waals surface area contributed by atoms with Gasteiger partial charge in [-0.1, -0.05) is 30.1 Å². The molecule has 4 nitrogen and oxygen atoms in total. The van der Waals surface area contributed by atoms with Gasteiger partial charge in [-0.3, -0.25) is 4.98 Å². The van der Waals surface area contributed by atoms with Crippen LogP contribution >= 0.6 is 35.1 Å². The number of halogens is 4. The first kappa shape index (κ1) is 20.0. The Morgan fingerprint density at radius 2 is 1.89 bits per heavy atom. The number of benzene rings is 1. The molecule has 0 N–H and O–H groups in total. The molecule has 1 aliphatic rings. The van der Waals surface area contributed by atoms with E-state index in [1.54, 1.807) is 24.2 Å². The van der Waals surface area contributed by atoms with Crippen molar-refractivity contribution in [3.05, 3.63) is 57.8 Å². The molecule has 9 heteroatoms. The number of rotatable bonds is 7. The SMILES string of the molecule is CCSN(Cc1ccc(C2=NN=C(C(F)F)C2)cn1)c1cc(Cl)cc(Cl)c1. The molecule has 142 valence electrons. The van der Waals surface area contributed by atoms with E-state index in [9.17, 15) is 8.78 Å². The number of anilines is 1. The second-order valence-corrected chi connectivity index (χ2v) is 7.88. The van der Waals surface area contributed by atoms with E-state index in [4.69, 9.17) is 23.2 Å². The highest BCUT2D eigenvalue weighted by atomic mass is 35.5. The average molecular weight is 429 g/mol. The Morgan fingerprint density at radius 1 is 1.15 bits per heavy atom. The maximum Gasteiger partial charge on any atom is 0.278 e. The van der Waals surface area contributed by atoms with Crippen molar-refractivity contribution in [1.29, 1.82) is 0 Å². The molecule has 1 aromatic carbocycles. The maximum absolute atomic E-state index is 12.7. The van der Waals surface area contributed by atoms with Gasteiger partial charge >= 0.3 is 0 Å². The highest BCUT2D eigenvalue weighted by Gasteiger charge is 2.22. The number of aromatic nitrogens is 1. The van der Waals surface area contributed by atoms with Crippen molar-refractivity contribution in [1.82, 2.24) is 4.98 Å². The third-order valence-corrected chi connectivity index (χ3v) is 5.13. The molecule has 0 saturated carbocycles. The number of hydrogen-bond acceptors (Lipinski definition) is 5. The molecule has 0 fully saturated rings. The highest BCUT2D eigenvalue weighted by molar-refractivity contribution is 8.00. The lowest BCUT2D eigenvalue weighted by Crippen LogP contribution is -2.16. The zero-order chi connectivity index (χ0) is 19.4. The Kier molecular flexibility index (Phi) is 6.68. The standard InChI is InChI=1S/C18H16Cl2F2N4S/c1-2-27-26(15-6-12(19)5-13(20)7-15)10-14-4-3-11(9-23-14)16-8-17(18(21)22)25-24-16/h3-7,9,18H,2,8,10H2,1H3. The molecular weight excluding hydrogens is 413 g/mol. The molecule has 0 saturated heterocycles. The summed E-state index contributed by atoms with van der Waals surface area (Å²) < 4.78 is 27.4. The van der Waals surface area contributed by atoms with Crippen LogP contribution in [0.3, 0.4) is 0 Å². The second kappa shape index (κ2) is 8.99. The smallest absolute Gasteiger partial charge is 0.278 e. The summed E-state index contributed by atoms with van der Waals surface area (Å²) in [6.45, 7) is 2.60. The average Bonchev–Trinajstić information content (AvgIpc) is 3.11. The zero-order valence-corrected chi connectivity index (χ0v) is 16.7. The van der Waals surface area contributed by atoms with Crippen LogP contribution in [0.25, 0.3) is 0 Å². The van der Waals surface area contributed by atoms with Crippen molar-refractivity contribution in [3.8, 4) is 0 Å². The Hall–Kier alpha value is -1.70. The minimum absolute atomic E-state index is 0.0531. The first-order valence-electron chi connectivity index (χ1n) is 8.19. The van der Waals surface area contributed by atoms with E-state index in [1.807, 2.05) is 24.3 Å². The van der Waals surface area contributed by atoms with Gasteiger partial charge in [0.15, 0.2) is 0 Å². The summed E-state index contributed by atoms with van der Waals surface area (Å²) in [6, 6.07) is 9.06. The van der Waals surface area contributed by atoms with E-state index in [0.29, 0.717) is 27.9 Å². The fourth-order valence-electron chi connectivity index (χ4n) is 2.53. The number of pyridine rings is 1. The molecule has 2 aromatic rings. The number of hydrogen-bond donors (Lipinski definition) is 0. The van der Waals surface area contributed by atoms with Crippen molar-refractivity contribution in [2.45, 2.75) is 26.3 Å². The quantitative estimate of drug-likeness (QED) is 0.517. The van der Waals surface area contributed by atoms with Crippen molar-refractivity contribution in [3.63, 3.8) is 0 Å². The van der Waals surface area contributed by atoms with E-state index in [-0.39, 0.29) is 12.1 Å². The molecule has 0 bridgehead atoms. The summed E-state index contributed by atoms with van der Waals surface area (Å²) in [5.74, 6) is 0.868. The van der Waals surface area contributed by atoms with Crippen molar-refractivity contribution < 1.29 is 8.78 Å². The van der Waals surface area contributed by atoms with Crippen LogP contribution in [-0.2, 0) is 6.54 Å². The Labute approximate surface area is 170 Å². The monoisotopic (exact) mass is 428 g/mol. The van der Waals surface area contributed by atoms with E-state index in [2.05, 4.69) is 26.4 Å². The minimum Gasteiger partial charge on any atom is -0.310 e. The molecule has 2 heterocycles. The van der Waals surface area contributed by atoms with Gasteiger partial charge in [-0.15, -0.1) is 0 Å². The number of alkyl halides is 2. The van der Waals surface area contributed by atoms with Crippen LogP contribution < -0.4 is 4.31 Å². The van der Waals surface area contributed by atoms with Gasteiger partial charge in [0.1, 0.15) is 5.71 Å². The molecule has 0 atom stereocenters. The third kappa shape index (κ3) is 5.18. The van der Waals surface area contributed by atoms with Gasteiger partial charge in [0.25, 0.3) is 6.43 Å². The van der Waals surface area contributed by atoms with Crippen LogP contribution in [0, 0.1) is 0 Å². The van der Waals surface area contributed by atoms with Crippen LogP contribution in [-0.4, -0.2) is 28.6 Å². The van der Waals surface area contributed by atoms with Gasteiger partial charge in [-0.05, 0) is 42.3 Å². The molecule has 3 rings (SSSR count). The molecule has 0 radical (unpaired) electrons. The Bertz CT molecular complexity index is 852. The van der Waals surface area contributed by atoms with Gasteiger partial charge in [0, 0.05) is 34.0 Å². The first-order chi connectivity index (χ1) is 13.0. The summed E-state index contributed by atoms with van der Waals surface area (Å²) in [4.78, 5) is 4.45. The van der Waals surface area contributed by atoms with Crippen molar-refractivity contribution in [2.75, 3.05) is 10.1 Å². The molecule has 27 heavy (non-hydrogen) atoms. The fourth-order valence-corrected chi connectivity index (χ4v) is 3.84. The molecular formula is C18H16Cl2F2N4S. The molecule has 0 spiro atoms. The topological polar surface area (TPSA) is 40.9 Å². The lowest BCUT2D eigenvalue weighted by molar-refractivity contribution is 0.224. The van der Waals surface area contributed by atoms with Crippen LogP contribution in [0.1, 0.15) is 24.6 Å². The summed E-state index contributed by atoms with van der Waals surface area (Å²) in [6.07, 6.45) is -0.891. The van der Waals surface area contributed by atoms with E-state index in [0.717, 1.165) is 17.1 Å². The van der Waals surface area contributed by atoms with Crippen molar-refractivity contribution in [2.24, 2.45) is 10.2 Å². The normalized spacial score (nSPS) is 13.7. The molecule has 1 aromatic heterocycles. The van der Waals surface area contributed by atoms with Gasteiger partial charge in [0.05, 0.1) is 23.6 Å². The summed E-state index contributed by atoms with van der Waals surface area (Å²) in [5.41, 5.74) is 2.70. The van der Waals surface area contributed by atoms with Crippen LogP contribution in [0.5, 0.6) is 0 Å². The molecule has 0 aliphatic carbocycles. The summed E-state index contributed by atoms with van der Waals surface area (Å²) in [5, 5.41) is 8.50. The lowest BCUT2D eigenvalue weighted by atomic mass is 10.1. The molecule has 1 aliphatic heterocycles. The van der Waals surface area contributed by atoms with Crippen molar-refractivity contribution >= 4 is 52.3 Å². The van der Waals surface area contributed by atoms with Gasteiger partial charge in [0.2, 0.25) is 0 Å². The molecule has 0 unspecified atom stereocenters. The Morgan fingerprint density at radius 3 is 2.44 bits per heavy atom. The zero-order valence-electron chi connectivity index (χ0n) is 14.4. The summed E-state index contributed by atoms with van der Waals surface area (Å²) in [7, 11) is 0. The highest BCUT2D eigenvalue weighted by Crippen LogP contribution is 2.30.